The molecule has 0 bridgehead atoms. The van der Waals surface area contributed by atoms with E-state index in [1.807, 2.05) is 4.98 Å². The molecule has 0 atom stereocenters. The average molecular weight is 333 g/mol. The van der Waals surface area contributed by atoms with Crippen LogP contribution in [0, 0.1) is 0 Å². The minimum absolute atomic E-state index is 0.0859. The van der Waals surface area contributed by atoms with Crippen LogP contribution < -0.4 is 16.8 Å². The minimum Gasteiger partial charge on any atom is -0.313 e. The molecule has 0 aliphatic heterocycles. The highest BCUT2D eigenvalue weighted by atomic mass is 35.5. The number of hydrogen-bond acceptors (Lipinski definition) is 5. The van der Waals surface area contributed by atoms with Crippen LogP contribution in [0.2, 0.25) is 5.02 Å². The third-order valence-corrected chi connectivity index (χ3v) is 3.42. The van der Waals surface area contributed by atoms with Crippen LogP contribution >= 0.6 is 11.6 Å². The summed E-state index contributed by atoms with van der Waals surface area (Å²) in [7, 11) is 0. The molecular weight excluding hydrogens is 324 g/mol. The van der Waals surface area contributed by atoms with Crippen LogP contribution in [0.4, 0.5) is 0 Å². The SMILES string of the molecule is O=C(Cc1nc2[nH]c(=O)[nH]c(=O)c2[nH]c1=O)c1ccc(Cl)cc1. The molecule has 3 rings (SSSR count). The molecule has 0 aliphatic rings. The van der Waals surface area contributed by atoms with Gasteiger partial charge in [-0.15, -0.1) is 0 Å². The molecule has 116 valence electrons. The largest absolute Gasteiger partial charge is 0.327 e. The summed E-state index contributed by atoms with van der Waals surface area (Å²) in [6.07, 6.45) is -0.276. The van der Waals surface area contributed by atoms with Crippen LogP contribution in [0.15, 0.2) is 38.6 Å². The predicted molar refractivity (Wildman–Crippen MR) is 83.1 cm³/mol. The molecule has 0 amide bonds. The first kappa shape index (κ1) is 14.9. The van der Waals surface area contributed by atoms with E-state index in [1.54, 1.807) is 12.1 Å². The number of nitrogens with zero attached hydrogens (tertiary/aromatic N) is 1. The Morgan fingerprint density at radius 1 is 1.00 bits per heavy atom. The number of aromatic nitrogens is 4. The summed E-state index contributed by atoms with van der Waals surface area (Å²) >= 11 is 5.75. The molecule has 3 N–H and O–H groups in total. The van der Waals surface area contributed by atoms with Gasteiger partial charge in [0.25, 0.3) is 11.1 Å². The van der Waals surface area contributed by atoms with E-state index in [1.165, 1.54) is 12.1 Å². The molecule has 2 heterocycles. The van der Waals surface area contributed by atoms with Gasteiger partial charge in [-0.2, -0.15) is 0 Å². The second kappa shape index (κ2) is 5.65. The Balaban J connectivity index is 2.03. The van der Waals surface area contributed by atoms with Gasteiger partial charge in [-0.3, -0.25) is 24.4 Å². The van der Waals surface area contributed by atoms with Crippen molar-refractivity contribution in [3.05, 3.63) is 71.7 Å². The smallest absolute Gasteiger partial charge is 0.313 e. The number of hydrogen-bond donors (Lipinski definition) is 3. The van der Waals surface area contributed by atoms with Crippen LogP contribution in [0.3, 0.4) is 0 Å². The third kappa shape index (κ3) is 2.97. The lowest BCUT2D eigenvalue weighted by Gasteiger charge is -2.02. The lowest BCUT2D eigenvalue weighted by atomic mass is 10.1. The van der Waals surface area contributed by atoms with Gasteiger partial charge in [0.1, 0.15) is 5.69 Å². The van der Waals surface area contributed by atoms with Crippen LogP contribution in [0.25, 0.3) is 11.2 Å². The summed E-state index contributed by atoms with van der Waals surface area (Å²) in [6, 6.07) is 6.19. The first-order valence-corrected chi connectivity index (χ1v) is 6.86. The highest BCUT2D eigenvalue weighted by Crippen LogP contribution is 2.11. The number of benzene rings is 1. The van der Waals surface area contributed by atoms with E-state index in [2.05, 4.69) is 15.0 Å². The van der Waals surface area contributed by atoms with Crippen molar-refractivity contribution in [1.82, 2.24) is 19.9 Å². The van der Waals surface area contributed by atoms with Gasteiger partial charge < -0.3 is 4.98 Å². The molecule has 0 saturated carbocycles. The van der Waals surface area contributed by atoms with Crippen molar-refractivity contribution >= 4 is 28.5 Å². The number of rotatable bonds is 3. The van der Waals surface area contributed by atoms with Crippen molar-refractivity contribution in [2.24, 2.45) is 0 Å². The van der Waals surface area contributed by atoms with Crippen LogP contribution in [0.5, 0.6) is 0 Å². The zero-order valence-corrected chi connectivity index (χ0v) is 12.2. The van der Waals surface area contributed by atoms with Crippen LogP contribution in [-0.2, 0) is 6.42 Å². The fourth-order valence-electron chi connectivity index (χ4n) is 2.06. The number of carbonyl (C=O) groups is 1. The number of aromatic amines is 3. The van der Waals surface area contributed by atoms with Gasteiger partial charge >= 0.3 is 5.69 Å². The van der Waals surface area contributed by atoms with E-state index < -0.39 is 16.8 Å². The normalized spacial score (nSPS) is 10.8. The standard InChI is InChI=1S/C14H9ClN4O4/c15-7-3-1-6(2-4-7)9(20)5-8-12(21)17-10-11(16-8)18-14(23)19-13(10)22/h1-4H,5H2,(H,17,21)(H2,16,18,19,22,23). The van der Waals surface area contributed by atoms with Crippen molar-refractivity contribution in [2.45, 2.75) is 6.42 Å². The highest BCUT2D eigenvalue weighted by Gasteiger charge is 2.14. The van der Waals surface area contributed by atoms with Gasteiger partial charge in [0.05, 0.1) is 6.42 Å². The Hall–Kier alpha value is -3.00. The number of nitrogens with one attached hydrogen (secondary N) is 3. The molecule has 9 heteroatoms. The molecular formula is C14H9ClN4O4. The van der Waals surface area contributed by atoms with Crippen LogP contribution in [0.1, 0.15) is 16.1 Å². The van der Waals surface area contributed by atoms with Gasteiger partial charge in [-0.1, -0.05) is 11.6 Å². The fraction of sp³-hybridized carbons (Fsp3) is 0.0714. The molecule has 23 heavy (non-hydrogen) atoms. The molecule has 0 saturated heterocycles. The summed E-state index contributed by atoms with van der Waals surface area (Å²) in [6.45, 7) is 0. The van der Waals surface area contributed by atoms with E-state index in [9.17, 15) is 19.2 Å². The Kier molecular flexibility index (Phi) is 3.67. The average Bonchev–Trinajstić information content (AvgIpc) is 2.49. The molecule has 0 radical (unpaired) electrons. The van der Waals surface area contributed by atoms with Crippen molar-refractivity contribution < 1.29 is 4.79 Å². The Morgan fingerprint density at radius 2 is 1.70 bits per heavy atom. The Bertz CT molecular complexity index is 1080. The predicted octanol–water partition coefficient (Wildman–Crippen LogP) is 0.378. The number of Topliss-reactive ketones (excluding diaryl/α,β-unsaturated/α-hetero) is 1. The maximum atomic E-state index is 12.2. The zero-order valence-electron chi connectivity index (χ0n) is 11.5. The molecule has 2 aromatic heterocycles. The molecule has 8 nitrogen and oxygen atoms in total. The summed E-state index contributed by atoms with van der Waals surface area (Å²) in [5, 5.41) is 0.486. The summed E-state index contributed by atoms with van der Waals surface area (Å²) in [5.41, 5.74) is -2.15. The number of H-pyrrole nitrogens is 3. The Morgan fingerprint density at radius 3 is 2.39 bits per heavy atom. The lowest BCUT2D eigenvalue weighted by molar-refractivity contribution is 0.0991. The minimum atomic E-state index is -0.760. The number of fused-ring (bicyclic) bond motifs is 1. The molecule has 3 aromatic rings. The third-order valence-electron chi connectivity index (χ3n) is 3.16. The van der Waals surface area contributed by atoms with Crippen molar-refractivity contribution in [3.63, 3.8) is 0 Å². The zero-order chi connectivity index (χ0) is 16.6. The summed E-state index contributed by atoms with van der Waals surface area (Å²) in [5.74, 6) is -0.341. The second-order valence-electron chi connectivity index (χ2n) is 4.75. The van der Waals surface area contributed by atoms with Crippen LogP contribution in [-0.4, -0.2) is 25.7 Å². The van der Waals surface area contributed by atoms with E-state index in [-0.39, 0.29) is 29.1 Å². The van der Waals surface area contributed by atoms with E-state index in [4.69, 9.17) is 11.6 Å². The van der Waals surface area contributed by atoms with Gasteiger partial charge in [-0.05, 0) is 24.3 Å². The first-order chi connectivity index (χ1) is 10.9. The number of ketones is 1. The van der Waals surface area contributed by atoms with Crippen molar-refractivity contribution in [2.75, 3.05) is 0 Å². The topological polar surface area (TPSA) is 129 Å². The monoisotopic (exact) mass is 332 g/mol. The fourth-order valence-corrected chi connectivity index (χ4v) is 2.18. The maximum Gasteiger partial charge on any atom is 0.327 e. The van der Waals surface area contributed by atoms with Gasteiger partial charge in [0, 0.05) is 10.6 Å². The number of halogens is 1. The Labute approximate surface area is 132 Å². The number of carbonyl (C=O) groups excluding carboxylic acids is 1. The summed E-state index contributed by atoms with van der Waals surface area (Å²) in [4.78, 5) is 57.5. The summed E-state index contributed by atoms with van der Waals surface area (Å²) < 4.78 is 0. The molecule has 0 aliphatic carbocycles. The van der Waals surface area contributed by atoms with Gasteiger partial charge in [0.2, 0.25) is 0 Å². The molecule has 0 unspecified atom stereocenters. The van der Waals surface area contributed by atoms with Crippen molar-refractivity contribution in [1.29, 1.82) is 0 Å². The van der Waals surface area contributed by atoms with Gasteiger partial charge in [0.15, 0.2) is 16.9 Å². The molecule has 1 aromatic carbocycles. The molecule has 0 fully saturated rings. The van der Waals surface area contributed by atoms with Crippen molar-refractivity contribution in [3.8, 4) is 0 Å². The second-order valence-corrected chi connectivity index (χ2v) is 5.19. The van der Waals surface area contributed by atoms with E-state index in [0.717, 1.165) is 0 Å². The maximum absolute atomic E-state index is 12.2. The van der Waals surface area contributed by atoms with E-state index in [0.29, 0.717) is 10.6 Å². The molecule has 0 spiro atoms. The lowest BCUT2D eigenvalue weighted by Crippen LogP contribution is -2.28. The quantitative estimate of drug-likeness (QED) is 0.597. The van der Waals surface area contributed by atoms with Gasteiger partial charge in [-0.25, -0.2) is 9.78 Å². The van der Waals surface area contributed by atoms with E-state index >= 15 is 0 Å². The highest BCUT2D eigenvalue weighted by molar-refractivity contribution is 6.30. The first-order valence-electron chi connectivity index (χ1n) is 6.48.